The Morgan fingerprint density at radius 1 is 1.05 bits per heavy atom. The number of carbonyl (C=O) groups excluding carboxylic acids is 2. The van der Waals surface area contributed by atoms with Crippen LogP contribution in [-0.4, -0.2) is 18.4 Å². The molecule has 0 unspecified atom stereocenters. The van der Waals surface area contributed by atoms with Gasteiger partial charge in [-0.1, -0.05) is 27.7 Å². The SMILES string of the molecule is CCC(CC)C(=O)Nc1ccc(C(=O)NCCC(C)C)cc1. The van der Waals surface area contributed by atoms with Crippen LogP contribution < -0.4 is 10.6 Å². The number of hydrogen-bond donors (Lipinski definition) is 2. The number of rotatable bonds is 8. The van der Waals surface area contributed by atoms with E-state index in [0.717, 1.165) is 24.9 Å². The van der Waals surface area contributed by atoms with Crippen molar-refractivity contribution in [2.45, 2.75) is 47.0 Å². The van der Waals surface area contributed by atoms with E-state index in [2.05, 4.69) is 24.5 Å². The van der Waals surface area contributed by atoms with Crippen molar-refractivity contribution in [2.24, 2.45) is 11.8 Å². The van der Waals surface area contributed by atoms with Crippen LogP contribution in [0.15, 0.2) is 24.3 Å². The van der Waals surface area contributed by atoms with Crippen LogP contribution in [0.25, 0.3) is 0 Å². The van der Waals surface area contributed by atoms with Gasteiger partial charge in [0.25, 0.3) is 5.91 Å². The monoisotopic (exact) mass is 304 g/mol. The molecule has 0 aliphatic carbocycles. The fourth-order valence-corrected chi connectivity index (χ4v) is 2.19. The molecule has 0 heterocycles. The molecule has 4 heteroatoms. The number of amides is 2. The third kappa shape index (κ3) is 5.88. The first-order valence-corrected chi connectivity index (χ1v) is 8.17. The van der Waals surface area contributed by atoms with E-state index in [0.29, 0.717) is 18.0 Å². The molecular formula is C18H28N2O2. The number of carbonyl (C=O) groups is 2. The summed E-state index contributed by atoms with van der Waals surface area (Å²) < 4.78 is 0. The first kappa shape index (κ1) is 18.2. The minimum absolute atomic E-state index is 0.0407. The van der Waals surface area contributed by atoms with Crippen LogP contribution in [0.4, 0.5) is 5.69 Å². The van der Waals surface area contributed by atoms with E-state index in [1.807, 2.05) is 13.8 Å². The van der Waals surface area contributed by atoms with Crippen molar-refractivity contribution in [1.29, 1.82) is 0 Å². The van der Waals surface area contributed by atoms with Crippen LogP contribution in [0.3, 0.4) is 0 Å². The molecule has 1 rings (SSSR count). The van der Waals surface area contributed by atoms with Gasteiger partial charge in [-0.25, -0.2) is 0 Å². The normalized spacial score (nSPS) is 10.8. The molecule has 0 aromatic heterocycles. The maximum atomic E-state index is 12.0. The van der Waals surface area contributed by atoms with E-state index in [1.54, 1.807) is 24.3 Å². The van der Waals surface area contributed by atoms with Crippen molar-refractivity contribution >= 4 is 17.5 Å². The van der Waals surface area contributed by atoms with Crippen LogP contribution >= 0.6 is 0 Å². The Labute approximate surface area is 133 Å². The van der Waals surface area contributed by atoms with Gasteiger partial charge < -0.3 is 10.6 Å². The highest BCUT2D eigenvalue weighted by atomic mass is 16.2. The van der Waals surface area contributed by atoms with Crippen molar-refractivity contribution in [1.82, 2.24) is 5.32 Å². The first-order valence-electron chi connectivity index (χ1n) is 8.17. The Balaban J connectivity index is 2.55. The molecule has 0 atom stereocenters. The summed E-state index contributed by atoms with van der Waals surface area (Å²) in [7, 11) is 0. The number of benzene rings is 1. The quantitative estimate of drug-likeness (QED) is 0.766. The van der Waals surface area contributed by atoms with Crippen LogP contribution in [0.5, 0.6) is 0 Å². The van der Waals surface area contributed by atoms with Crippen molar-refractivity contribution in [3.05, 3.63) is 29.8 Å². The maximum absolute atomic E-state index is 12.0. The minimum Gasteiger partial charge on any atom is -0.352 e. The highest BCUT2D eigenvalue weighted by Gasteiger charge is 2.14. The van der Waals surface area contributed by atoms with Crippen molar-refractivity contribution in [2.75, 3.05) is 11.9 Å². The van der Waals surface area contributed by atoms with Gasteiger partial charge in [0.05, 0.1) is 0 Å². The Bertz CT molecular complexity index is 476. The topological polar surface area (TPSA) is 58.2 Å². The summed E-state index contributed by atoms with van der Waals surface area (Å²) in [6.07, 6.45) is 2.63. The van der Waals surface area contributed by atoms with Gasteiger partial charge in [0.1, 0.15) is 0 Å². The summed E-state index contributed by atoms with van der Waals surface area (Å²) in [6, 6.07) is 7.04. The molecule has 0 saturated carbocycles. The molecule has 0 saturated heterocycles. The second-order valence-corrected chi connectivity index (χ2v) is 6.02. The molecule has 0 fully saturated rings. The zero-order valence-electron chi connectivity index (χ0n) is 14.1. The predicted octanol–water partition coefficient (Wildman–Crippen LogP) is 3.84. The van der Waals surface area contributed by atoms with Gasteiger partial charge in [-0.3, -0.25) is 9.59 Å². The summed E-state index contributed by atoms with van der Waals surface area (Å²) in [4.78, 5) is 24.0. The third-order valence-electron chi connectivity index (χ3n) is 3.78. The first-order chi connectivity index (χ1) is 10.5. The van der Waals surface area contributed by atoms with Gasteiger partial charge in [-0.15, -0.1) is 0 Å². The molecule has 0 radical (unpaired) electrons. The van der Waals surface area contributed by atoms with Gasteiger partial charge in [0, 0.05) is 23.7 Å². The molecule has 1 aromatic carbocycles. The summed E-state index contributed by atoms with van der Waals surface area (Å²) >= 11 is 0. The molecule has 2 N–H and O–H groups in total. The molecule has 122 valence electrons. The van der Waals surface area contributed by atoms with E-state index in [9.17, 15) is 9.59 Å². The number of anilines is 1. The molecular weight excluding hydrogens is 276 g/mol. The number of hydrogen-bond acceptors (Lipinski definition) is 2. The number of nitrogens with one attached hydrogen (secondary N) is 2. The largest absolute Gasteiger partial charge is 0.352 e. The average Bonchev–Trinajstić information content (AvgIpc) is 2.48. The summed E-state index contributed by atoms with van der Waals surface area (Å²) in [5.41, 5.74) is 1.35. The lowest BCUT2D eigenvalue weighted by molar-refractivity contribution is -0.120. The van der Waals surface area contributed by atoms with Crippen LogP contribution in [0.2, 0.25) is 0 Å². The highest BCUT2D eigenvalue weighted by molar-refractivity contribution is 5.96. The Morgan fingerprint density at radius 2 is 1.64 bits per heavy atom. The van der Waals surface area contributed by atoms with Gasteiger partial charge in [0.15, 0.2) is 0 Å². The van der Waals surface area contributed by atoms with Crippen LogP contribution in [-0.2, 0) is 4.79 Å². The average molecular weight is 304 g/mol. The van der Waals surface area contributed by atoms with Crippen LogP contribution in [0.1, 0.15) is 57.3 Å². The van der Waals surface area contributed by atoms with Gasteiger partial charge in [-0.2, -0.15) is 0 Å². The zero-order valence-corrected chi connectivity index (χ0v) is 14.1. The zero-order chi connectivity index (χ0) is 16.5. The summed E-state index contributed by atoms with van der Waals surface area (Å²) in [6.45, 7) is 8.97. The third-order valence-corrected chi connectivity index (χ3v) is 3.78. The van der Waals surface area contributed by atoms with Gasteiger partial charge in [-0.05, 0) is 49.4 Å². The second-order valence-electron chi connectivity index (χ2n) is 6.02. The smallest absolute Gasteiger partial charge is 0.251 e. The lowest BCUT2D eigenvalue weighted by atomic mass is 10.0. The fraction of sp³-hybridized carbons (Fsp3) is 0.556. The summed E-state index contributed by atoms with van der Waals surface area (Å²) in [5.74, 6) is 0.583. The molecule has 1 aromatic rings. The fourth-order valence-electron chi connectivity index (χ4n) is 2.19. The Morgan fingerprint density at radius 3 is 2.14 bits per heavy atom. The van der Waals surface area contributed by atoms with E-state index < -0.39 is 0 Å². The molecule has 4 nitrogen and oxygen atoms in total. The molecule has 0 aliphatic rings. The van der Waals surface area contributed by atoms with E-state index in [4.69, 9.17) is 0 Å². The van der Waals surface area contributed by atoms with E-state index in [1.165, 1.54) is 0 Å². The van der Waals surface area contributed by atoms with Gasteiger partial charge in [0.2, 0.25) is 5.91 Å². The predicted molar refractivity (Wildman–Crippen MR) is 90.9 cm³/mol. The lowest BCUT2D eigenvalue weighted by Gasteiger charge is -2.13. The maximum Gasteiger partial charge on any atom is 0.251 e. The van der Waals surface area contributed by atoms with E-state index in [-0.39, 0.29) is 17.7 Å². The Kier molecular flexibility index (Phi) is 7.64. The Hall–Kier alpha value is -1.84. The summed E-state index contributed by atoms with van der Waals surface area (Å²) in [5, 5.41) is 5.80. The molecule has 0 aliphatic heterocycles. The molecule has 0 spiro atoms. The van der Waals surface area contributed by atoms with Crippen molar-refractivity contribution < 1.29 is 9.59 Å². The lowest BCUT2D eigenvalue weighted by Crippen LogP contribution is -2.25. The van der Waals surface area contributed by atoms with Crippen LogP contribution in [0, 0.1) is 11.8 Å². The van der Waals surface area contributed by atoms with Crippen molar-refractivity contribution in [3.8, 4) is 0 Å². The standard InChI is InChI=1S/C18H28N2O2/c1-5-14(6-2)18(22)20-16-9-7-15(8-10-16)17(21)19-12-11-13(3)4/h7-10,13-14H,5-6,11-12H2,1-4H3,(H,19,21)(H,20,22). The second kappa shape index (κ2) is 9.23. The van der Waals surface area contributed by atoms with E-state index >= 15 is 0 Å². The molecule has 2 amide bonds. The van der Waals surface area contributed by atoms with Crippen molar-refractivity contribution in [3.63, 3.8) is 0 Å². The minimum atomic E-state index is -0.0708. The molecule has 0 bridgehead atoms. The van der Waals surface area contributed by atoms with Gasteiger partial charge >= 0.3 is 0 Å². The molecule has 22 heavy (non-hydrogen) atoms. The highest BCUT2D eigenvalue weighted by Crippen LogP contribution is 2.14.